The number of benzene rings is 1. The molecule has 0 atom stereocenters. The minimum absolute atomic E-state index is 0.0260. The van der Waals surface area contributed by atoms with E-state index in [9.17, 15) is 10.1 Å². The third kappa shape index (κ3) is 2.69. The van der Waals surface area contributed by atoms with Crippen LogP contribution in [-0.2, 0) is 6.54 Å². The number of nitro benzene ring substituents is 1. The predicted molar refractivity (Wildman–Crippen MR) is 65.4 cm³/mol. The molecule has 2 aromatic rings. The van der Waals surface area contributed by atoms with Crippen molar-refractivity contribution < 1.29 is 4.92 Å². The van der Waals surface area contributed by atoms with Crippen molar-refractivity contribution in [3.8, 4) is 5.69 Å². The van der Waals surface area contributed by atoms with Crippen molar-refractivity contribution in [3.63, 3.8) is 0 Å². The molecule has 0 aliphatic heterocycles. The van der Waals surface area contributed by atoms with Gasteiger partial charge in [0.1, 0.15) is 0 Å². The van der Waals surface area contributed by atoms with E-state index in [0.29, 0.717) is 12.2 Å². The topological polar surface area (TPSA) is 85.9 Å². The summed E-state index contributed by atoms with van der Waals surface area (Å²) in [4.78, 5) is 11.6. The fourth-order valence-corrected chi connectivity index (χ4v) is 1.48. The average molecular weight is 247 g/mol. The van der Waals surface area contributed by atoms with Crippen molar-refractivity contribution in [2.24, 2.45) is 0 Å². The minimum atomic E-state index is -0.438. The Morgan fingerprint density at radius 2 is 2.33 bits per heavy atom. The zero-order valence-electron chi connectivity index (χ0n) is 9.91. The molecule has 0 fully saturated rings. The fraction of sp³-hybridized carbons (Fsp3) is 0.273. The van der Waals surface area contributed by atoms with Crippen LogP contribution in [0.5, 0.6) is 0 Å². The standard InChI is InChI=1S/C11H13N5O2/c1-2-12-7-9-8-13-15(14-9)10-4-3-5-11(6-10)16(17)18/h3-6,8,12H,2,7H2,1H3. The van der Waals surface area contributed by atoms with Crippen LogP contribution in [0.2, 0.25) is 0 Å². The zero-order chi connectivity index (χ0) is 13.0. The lowest BCUT2D eigenvalue weighted by Gasteiger charge is -1.99. The zero-order valence-corrected chi connectivity index (χ0v) is 9.91. The van der Waals surface area contributed by atoms with Gasteiger partial charge >= 0.3 is 0 Å². The second-order valence-corrected chi connectivity index (χ2v) is 3.68. The molecule has 1 heterocycles. The van der Waals surface area contributed by atoms with E-state index in [1.54, 1.807) is 18.3 Å². The summed E-state index contributed by atoms with van der Waals surface area (Å²) in [5.41, 5.74) is 1.40. The van der Waals surface area contributed by atoms with Crippen molar-refractivity contribution in [2.75, 3.05) is 6.54 Å². The largest absolute Gasteiger partial charge is 0.311 e. The number of nitro groups is 1. The molecule has 0 unspecified atom stereocenters. The van der Waals surface area contributed by atoms with Crippen LogP contribution in [0.25, 0.3) is 5.69 Å². The van der Waals surface area contributed by atoms with Crippen LogP contribution in [0.15, 0.2) is 30.5 Å². The number of rotatable bonds is 5. The molecule has 0 saturated carbocycles. The molecular formula is C11H13N5O2. The third-order valence-corrected chi connectivity index (χ3v) is 2.37. The molecule has 2 rings (SSSR count). The Hall–Kier alpha value is -2.28. The van der Waals surface area contributed by atoms with Gasteiger partial charge in [0.05, 0.1) is 22.5 Å². The maximum Gasteiger partial charge on any atom is 0.271 e. The van der Waals surface area contributed by atoms with E-state index in [4.69, 9.17) is 0 Å². The quantitative estimate of drug-likeness (QED) is 0.635. The molecule has 0 radical (unpaired) electrons. The Morgan fingerprint density at radius 1 is 1.50 bits per heavy atom. The van der Waals surface area contributed by atoms with Gasteiger partial charge in [-0.25, -0.2) is 0 Å². The van der Waals surface area contributed by atoms with Crippen LogP contribution < -0.4 is 5.32 Å². The lowest BCUT2D eigenvalue weighted by Crippen LogP contribution is -2.12. The Labute approximate surface area is 104 Å². The van der Waals surface area contributed by atoms with Crippen LogP contribution in [0.3, 0.4) is 0 Å². The first-order valence-electron chi connectivity index (χ1n) is 5.57. The van der Waals surface area contributed by atoms with Gasteiger partial charge in [-0.05, 0) is 12.6 Å². The molecule has 0 aliphatic carbocycles. The number of aromatic nitrogens is 3. The van der Waals surface area contributed by atoms with E-state index in [-0.39, 0.29) is 5.69 Å². The van der Waals surface area contributed by atoms with Gasteiger partial charge in [-0.3, -0.25) is 10.1 Å². The van der Waals surface area contributed by atoms with Gasteiger partial charge in [-0.15, -0.1) is 0 Å². The number of hydrogen-bond donors (Lipinski definition) is 1. The van der Waals surface area contributed by atoms with Gasteiger partial charge in [0.15, 0.2) is 0 Å². The summed E-state index contributed by atoms with van der Waals surface area (Å²) < 4.78 is 0. The lowest BCUT2D eigenvalue weighted by atomic mass is 10.3. The monoisotopic (exact) mass is 247 g/mol. The second-order valence-electron chi connectivity index (χ2n) is 3.68. The molecule has 1 aromatic heterocycles. The van der Waals surface area contributed by atoms with Crippen LogP contribution >= 0.6 is 0 Å². The molecule has 1 aromatic carbocycles. The summed E-state index contributed by atoms with van der Waals surface area (Å²) in [5.74, 6) is 0. The van der Waals surface area contributed by atoms with Crippen LogP contribution in [0.1, 0.15) is 12.6 Å². The molecule has 0 spiro atoms. The average Bonchev–Trinajstić information content (AvgIpc) is 2.85. The van der Waals surface area contributed by atoms with E-state index < -0.39 is 4.92 Å². The smallest absolute Gasteiger partial charge is 0.271 e. The van der Waals surface area contributed by atoms with Crippen molar-refractivity contribution >= 4 is 5.69 Å². The Balaban J connectivity index is 2.23. The van der Waals surface area contributed by atoms with Crippen molar-refractivity contribution in [2.45, 2.75) is 13.5 Å². The van der Waals surface area contributed by atoms with E-state index in [1.165, 1.54) is 16.9 Å². The summed E-state index contributed by atoms with van der Waals surface area (Å²) in [6.45, 7) is 3.49. The Kier molecular flexibility index (Phi) is 3.63. The molecule has 7 nitrogen and oxygen atoms in total. The summed E-state index contributed by atoms with van der Waals surface area (Å²) >= 11 is 0. The highest BCUT2D eigenvalue weighted by atomic mass is 16.6. The number of nitrogens with one attached hydrogen (secondary N) is 1. The fourth-order valence-electron chi connectivity index (χ4n) is 1.48. The number of hydrogen-bond acceptors (Lipinski definition) is 5. The number of non-ortho nitro benzene ring substituents is 1. The summed E-state index contributed by atoms with van der Waals surface area (Å²) in [6, 6.07) is 6.22. The van der Waals surface area contributed by atoms with Crippen molar-refractivity contribution in [1.82, 2.24) is 20.3 Å². The lowest BCUT2D eigenvalue weighted by molar-refractivity contribution is -0.384. The molecular weight excluding hydrogens is 234 g/mol. The molecule has 0 bridgehead atoms. The van der Waals surface area contributed by atoms with E-state index in [1.807, 2.05) is 6.92 Å². The second kappa shape index (κ2) is 5.37. The highest BCUT2D eigenvalue weighted by molar-refractivity contribution is 5.41. The van der Waals surface area contributed by atoms with Gasteiger partial charge in [-0.2, -0.15) is 15.0 Å². The Bertz CT molecular complexity index is 552. The highest BCUT2D eigenvalue weighted by Gasteiger charge is 2.08. The third-order valence-electron chi connectivity index (χ3n) is 2.37. The van der Waals surface area contributed by atoms with Crippen LogP contribution in [0, 0.1) is 10.1 Å². The molecule has 7 heteroatoms. The van der Waals surface area contributed by atoms with E-state index in [0.717, 1.165) is 12.2 Å². The predicted octanol–water partition coefficient (Wildman–Crippen LogP) is 1.28. The molecule has 0 aliphatic rings. The maximum absolute atomic E-state index is 10.7. The van der Waals surface area contributed by atoms with Crippen molar-refractivity contribution in [1.29, 1.82) is 0 Å². The summed E-state index contributed by atoms with van der Waals surface area (Å²) in [6.07, 6.45) is 1.64. The first kappa shape index (κ1) is 12.2. The highest BCUT2D eigenvalue weighted by Crippen LogP contribution is 2.15. The number of nitrogens with zero attached hydrogens (tertiary/aromatic N) is 4. The van der Waals surface area contributed by atoms with Crippen LogP contribution in [-0.4, -0.2) is 26.5 Å². The first-order valence-corrected chi connectivity index (χ1v) is 5.57. The minimum Gasteiger partial charge on any atom is -0.311 e. The van der Waals surface area contributed by atoms with Gasteiger partial charge in [0.25, 0.3) is 5.69 Å². The van der Waals surface area contributed by atoms with E-state index >= 15 is 0 Å². The molecule has 0 amide bonds. The maximum atomic E-state index is 10.7. The molecule has 1 N–H and O–H groups in total. The van der Waals surface area contributed by atoms with Crippen molar-refractivity contribution in [3.05, 3.63) is 46.3 Å². The van der Waals surface area contributed by atoms with Gasteiger partial charge < -0.3 is 5.32 Å². The van der Waals surface area contributed by atoms with Gasteiger partial charge in [0, 0.05) is 18.7 Å². The van der Waals surface area contributed by atoms with Crippen LogP contribution in [0.4, 0.5) is 5.69 Å². The Morgan fingerprint density at radius 3 is 3.06 bits per heavy atom. The van der Waals surface area contributed by atoms with Gasteiger partial charge in [-0.1, -0.05) is 13.0 Å². The molecule has 94 valence electrons. The molecule has 18 heavy (non-hydrogen) atoms. The summed E-state index contributed by atoms with van der Waals surface area (Å²) in [5, 5.41) is 22.1. The van der Waals surface area contributed by atoms with E-state index in [2.05, 4.69) is 15.5 Å². The normalized spacial score (nSPS) is 10.5. The van der Waals surface area contributed by atoms with Gasteiger partial charge in [0.2, 0.25) is 0 Å². The first-order chi connectivity index (χ1) is 8.70. The summed E-state index contributed by atoms with van der Waals surface area (Å²) in [7, 11) is 0. The SMILES string of the molecule is CCNCc1cnn(-c2cccc([N+](=O)[O-])c2)n1. The molecule has 0 saturated heterocycles.